The first-order chi connectivity index (χ1) is 10.8. The first-order valence-electron chi connectivity index (χ1n) is 7.88. The Morgan fingerprint density at radius 3 is 2.83 bits per heavy atom. The van der Waals surface area contributed by atoms with Crippen molar-refractivity contribution in [3.05, 3.63) is 28.8 Å². The summed E-state index contributed by atoms with van der Waals surface area (Å²) in [6.45, 7) is 4.49. The number of anilines is 1. The highest BCUT2D eigenvalue weighted by molar-refractivity contribution is 7.89. The molecule has 1 heterocycles. The van der Waals surface area contributed by atoms with E-state index in [1.807, 2.05) is 19.9 Å². The molecule has 1 aromatic carbocycles. The zero-order valence-corrected chi connectivity index (χ0v) is 15.1. The Morgan fingerprint density at radius 1 is 1.43 bits per heavy atom. The maximum absolute atomic E-state index is 12.4. The van der Waals surface area contributed by atoms with Gasteiger partial charge in [0, 0.05) is 23.8 Å². The van der Waals surface area contributed by atoms with Gasteiger partial charge in [0.1, 0.15) is 0 Å². The van der Waals surface area contributed by atoms with E-state index in [4.69, 9.17) is 11.6 Å². The number of amides is 1. The predicted octanol–water partition coefficient (Wildman–Crippen LogP) is 3.04. The molecule has 1 atom stereocenters. The van der Waals surface area contributed by atoms with Crippen LogP contribution in [0.15, 0.2) is 18.2 Å². The SMILES string of the molecule is CCCS(=O)(=O)N1CCCC(C(=O)Nc2ccc(C)c(Cl)c2)C1. The van der Waals surface area contributed by atoms with Crippen LogP contribution in [0.4, 0.5) is 5.69 Å². The fraction of sp³-hybridized carbons (Fsp3) is 0.562. The van der Waals surface area contributed by atoms with Gasteiger partial charge in [-0.25, -0.2) is 12.7 Å². The van der Waals surface area contributed by atoms with Gasteiger partial charge in [-0.1, -0.05) is 24.6 Å². The molecule has 0 spiro atoms. The highest BCUT2D eigenvalue weighted by Crippen LogP contribution is 2.24. The van der Waals surface area contributed by atoms with Gasteiger partial charge in [0.2, 0.25) is 15.9 Å². The van der Waals surface area contributed by atoms with Gasteiger partial charge in [-0.15, -0.1) is 0 Å². The maximum Gasteiger partial charge on any atom is 0.228 e. The smallest absolute Gasteiger partial charge is 0.228 e. The van der Waals surface area contributed by atoms with Crippen molar-refractivity contribution in [1.82, 2.24) is 4.31 Å². The third kappa shape index (κ3) is 4.68. The number of carbonyl (C=O) groups is 1. The summed E-state index contributed by atoms with van der Waals surface area (Å²) in [5.41, 5.74) is 1.58. The normalized spacial score (nSPS) is 19.5. The van der Waals surface area contributed by atoms with Gasteiger partial charge in [0.15, 0.2) is 0 Å². The minimum absolute atomic E-state index is 0.134. The molecule has 1 N–H and O–H groups in total. The van der Waals surface area contributed by atoms with Crippen molar-refractivity contribution in [1.29, 1.82) is 0 Å². The van der Waals surface area contributed by atoms with Crippen LogP contribution >= 0.6 is 11.6 Å². The molecule has 0 bridgehead atoms. The number of hydrogen-bond acceptors (Lipinski definition) is 3. The second-order valence-corrected chi connectivity index (χ2v) is 8.46. The van der Waals surface area contributed by atoms with E-state index in [1.165, 1.54) is 4.31 Å². The fourth-order valence-corrected chi connectivity index (χ4v) is 4.48. The number of benzene rings is 1. The highest BCUT2D eigenvalue weighted by Gasteiger charge is 2.31. The van der Waals surface area contributed by atoms with E-state index < -0.39 is 10.0 Å². The van der Waals surface area contributed by atoms with Crippen LogP contribution in [0.1, 0.15) is 31.7 Å². The number of halogens is 1. The summed E-state index contributed by atoms with van der Waals surface area (Å²) < 4.78 is 25.8. The monoisotopic (exact) mass is 358 g/mol. The number of carbonyl (C=O) groups excluding carboxylic acids is 1. The number of aryl methyl sites for hydroxylation is 1. The molecular weight excluding hydrogens is 336 g/mol. The molecule has 128 valence electrons. The molecule has 7 heteroatoms. The van der Waals surface area contributed by atoms with Gasteiger partial charge in [0.25, 0.3) is 0 Å². The van der Waals surface area contributed by atoms with Crippen LogP contribution in [-0.4, -0.2) is 37.5 Å². The highest BCUT2D eigenvalue weighted by atomic mass is 35.5. The van der Waals surface area contributed by atoms with Crippen LogP contribution in [0.5, 0.6) is 0 Å². The molecule has 2 rings (SSSR count). The molecule has 5 nitrogen and oxygen atoms in total. The van der Waals surface area contributed by atoms with Crippen LogP contribution in [0, 0.1) is 12.8 Å². The van der Waals surface area contributed by atoms with Gasteiger partial charge in [-0.3, -0.25) is 4.79 Å². The Kier molecular flexibility index (Phi) is 6.06. The van der Waals surface area contributed by atoms with Crippen molar-refractivity contribution in [3.63, 3.8) is 0 Å². The minimum Gasteiger partial charge on any atom is -0.326 e. The molecule has 0 aliphatic carbocycles. The van der Waals surface area contributed by atoms with Gasteiger partial charge < -0.3 is 5.32 Å². The Bertz CT molecular complexity index is 676. The lowest BCUT2D eigenvalue weighted by atomic mass is 9.98. The van der Waals surface area contributed by atoms with E-state index in [2.05, 4.69) is 5.32 Å². The van der Waals surface area contributed by atoms with Crippen molar-refractivity contribution in [2.75, 3.05) is 24.2 Å². The number of hydrogen-bond donors (Lipinski definition) is 1. The second-order valence-electron chi connectivity index (χ2n) is 5.97. The van der Waals surface area contributed by atoms with E-state index in [9.17, 15) is 13.2 Å². The van der Waals surface area contributed by atoms with Crippen LogP contribution < -0.4 is 5.32 Å². The Hall–Kier alpha value is -1.11. The van der Waals surface area contributed by atoms with Crippen molar-refractivity contribution in [3.8, 4) is 0 Å². The maximum atomic E-state index is 12.4. The molecular formula is C16H23ClN2O3S. The lowest BCUT2D eigenvalue weighted by Crippen LogP contribution is -2.44. The van der Waals surface area contributed by atoms with Crippen LogP contribution in [0.25, 0.3) is 0 Å². The van der Waals surface area contributed by atoms with Gasteiger partial charge in [-0.05, 0) is 43.9 Å². The summed E-state index contributed by atoms with van der Waals surface area (Å²) >= 11 is 6.06. The fourth-order valence-electron chi connectivity index (χ4n) is 2.71. The average Bonchev–Trinajstić information content (AvgIpc) is 2.51. The van der Waals surface area contributed by atoms with Crippen LogP contribution in [-0.2, 0) is 14.8 Å². The number of piperidine rings is 1. The molecule has 1 unspecified atom stereocenters. The third-order valence-corrected chi connectivity index (χ3v) is 6.50. The molecule has 1 saturated heterocycles. The molecule has 0 radical (unpaired) electrons. The quantitative estimate of drug-likeness (QED) is 0.879. The van der Waals surface area contributed by atoms with Crippen LogP contribution in [0.2, 0.25) is 5.02 Å². The van der Waals surface area contributed by atoms with E-state index in [-0.39, 0.29) is 24.1 Å². The average molecular weight is 359 g/mol. The van der Waals surface area contributed by atoms with Gasteiger partial charge in [0.05, 0.1) is 11.7 Å². The minimum atomic E-state index is -3.25. The molecule has 0 aromatic heterocycles. The first-order valence-corrected chi connectivity index (χ1v) is 9.87. The first kappa shape index (κ1) is 18.2. The third-order valence-electron chi connectivity index (χ3n) is 4.05. The Balaban J connectivity index is 2.03. The van der Waals surface area contributed by atoms with Crippen molar-refractivity contribution in [2.45, 2.75) is 33.1 Å². The molecule has 1 aliphatic heterocycles. The largest absolute Gasteiger partial charge is 0.326 e. The number of nitrogens with zero attached hydrogens (tertiary/aromatic N) is 1. The second kappa shape index (κ2) is 7.64. The molecule has 23 heavy (non-hydrogen) atoms. The molecule has 1 fully saturated rings. The predicted molar refractivity (Wildman–Crippen MR) is 93.2 cm³/mol. The number of sulfonamides is 1. The number of nitrogens with one attached hydrogen (secondary N) is 1. The molecule has 1 aromatic rings. The summed E-state index contributed by atoms with van der Waals surface area (Å²) in [7, 11) is -3.25. The van der Waals surface area contributed by atoms with Crippen molar-refractivity contribution in [2.24, 2.45) is 5.92 Å². The van der Waals surface area contributed by atoms with E-state index >= 15 is 0 Å². The summed E-state index contributed by atoms with van der Waals surface area (Å²) in [6, 6.07) is 5.35. The topological polar surface area (TPSA) is 66.5 Å². The summed E-state index contributed by atoms with van der Waals surface area (Å²) in [4.78, 5) is 12.4. The Morgan fingerprint density at radius 2 is 2.17 bits per heavy atom. The lowest BCUT2D eigenvalue weighted by Gasteiger charge is -2.31. The van der Waals surface area contributed by atoms with Crippen molar-refractivity contribution >= 4 is 33.2 Å². The van der Waals surface area contributed by atoms with E-state index in [0.717, 1.165) is 5.56 Å². The zero-order valence-electron chi connectivity index (χ0n) is 13.5. The van der Waals surface area contributed by atoms with Gasteiger partial charge in [-0.2, -0.15) is 0 Å². The molecule has 1 amide bonds. The standard InChI is InChI=1S/C16H23ClN2O3S/c1-3-9-23(21,22)19-8-4-5-13(11-19)16(20)18-14-7-6-12(2)15(17)10-14/h6-7,10,13H,3-5,8-9,11H2,1-2H3,(H,18,20). The lowest BCUT2D eigenvalue weighted by molar-refractivity contribution is -0.120. The van der Waals surface area contributed by atoms with Crippen molar-refractivity contribution < 1.29 is 13.2 Å². The molecule has 0 saturated carbocycles. The van der Waals surface area contributed by atoms with Gasteiger partial charge >= 0.3 is 0 Å². The molecule has 1 aliphatic rings. The van der Waals surface area contributed by atoms with E-state index in [1.54, 1.807) is 12.1 Å². The summed E-state index contributed by atoms with van der Waals surface area (Å²) in [5, 5.41) is 3.43. The summed E-state index contributed by atoms with van der Waals surface area (Å²) in [6.07, 6.45) is 1.98. The number of rotatable bonds is 5. The zero-order chi connectivity index (χ0) is 17.0. The van der Waals surface area contributed by atoms with E-state index in [0.29, 0.717) is 36.5 Å². The van der Waals surface area contributed by atoms with Crippen LogP contribution in [0.3, 0.4) is 0 Å². The Labute approximate surface area is 143 Å². The summed E-state index contributed by atoms with van der Waals surface area (Å²) in [5.74, 6) is -0.341.